The first-order valence-electron chi connectivity index (χ1n) is 11.4. The van der Waals surface area contributed by atoms with Gasteiger partial charge in [0.1, 0.15) is 12.0 Å². The van der Waals surface area contributed by atoms with Crippen molar-refractivity contribution in [3.63, 3.8) is 0 Å². The van der Waals surface area contributed by atoms with Gasteiger partial charge in [-0.2, -0.15) is 0 Å². The van der Waals surface area contributed by atoms with E-state index in [0.717, 1.165) is 6.92 Å². The minimum Gasteiger partial charge on any atom is -0.478 e. The van der Waals surface area contributed by atoms with Crippen LogP contribution in [0.1, 0.15) is 59.8 Å². The summed E-state index contributed by atoms with van der Waals surface area (Å²) >= 11 is 0. The molecule has 0 heterocycles. The molecule has 3 fully saturated rings. The number of hydrogen-bond donors (Lipinski definition) is 2. The first-order chi connectivity index (χ1) is 15.3. The molecule has 0 bridgehead atoms. The Bertz CT molecular complexity index is 1000. The Morgan fingerprint density at radius 2 is 1.88 bits per heavy atom. The van der Waals surface area contributed by atoms with Gasteiger partial charge in [0.05, 0.1) is 11.5 Å². The van der Waals surface area contributed by atoms with E-state index < -0.39 is 87.0 Å². The van der Waals surface area contributed by atoms with Crippen molar-refractivity contribution in [3.05, 3.63) is 22.8 Å². The molecule has 0 aliphatic heterocycles. The largest absolute Gasteiger partial charge is 0.478 e. The molecule has 0 amide bonds. The van der Waals surface area contributed by atoms with Crippen LogP contribution in [0.15, 0.2) is 22.8 Å². The fourth-order valence-electron chi connectivity index (χ4n) is 7.58. The van der Waals surface area contributed by atoms with Crippen molar-refractivity contribution in [1.29, 1.82) is 0 Å². The highest BCUT2D eigenvalue weighted by Gasteiger charge is 2.73. The Hall–Kier alpha value is -2.16. The quantitative estimate of drug-likeness (QED) is 0.606. The second kappa shape index (κ2) is 7.42. The predicted octanol–water partition coefficient (Wildman–Crippen LogP) is 3.97. The van der Waals surface area contributed by atoms with Crippen LogP contribution in [0.2, 0.25) is 0 Å². The van der Waals surface area contributed by atoms with Gasteiger partial charge in [0, 0.05) is 28.9 Å². The summed E-state index contributed by atoms with van der Waals surface area (Å²) in [6, 6.07) is 0. The third-order valence-corrected chi connectivity index (χ3v) is 9.08. The number of esters is 1. The molecule has 2 N–H and O–H groups in total. The standard InChI is InChI=1S/C24H29F3O6/c1-5-15(29)33-24(21(31)32)7-6-12-11-8-13(25)17-18(26)19(30)10(2)20(27)23(17,4)16(11)14(28)9-22(12,24)3/h11-14,16,28H,5-9H2,1-4H3,(H,31,32)/t11-,12-,13?,14-,16+,22-,23+,24+/m0/s1. The highest BCUT2D eigenvalue weighted by atomic mass is 19.1. The first kappa shape index (κ1) is 24.0. The smallest absolute Gasteiger partial charge is 0.348 e. The Labute approximate surface area is 189 Å². The number of alkyl halides is 1. The summed E-state index contributed by atoms with van der Waals surface area (Å²) in [6.07, 6.45) is -3.52. The van der Waals surface area contributed by atoms with E-state index in [0.29, 0.717) is 0 Å². The lowest BCUT2D eigenvalue weighted by atomic mass is 9.45. The molecule has 0 aromatic heterocycles. The van der Waals surface area contributed by atoms with E-state index in [1.54, 1.807) is 6.92 Å². The third kappa shape index (κ3) is 2.80. The molecule has 182 valence electrons. The van der Waals surface area contributed by atoms with Crippen LogP contribution in [-0.2, 0) is 19.1 Å². The summed E-state index contributed by atoms with van der Waals surface area (Å²) in [6.45, 7) is 5.62. The molecule has 0 spiro atoms. The number of aliphatic carboxylic acids is 1. The normalized spacial score (nSPS) is 44.8. The SMILES string of the molecule is CCC(=O)O[C@@]1(C(=O)O)CC[C@H]2[C@@H]3CC(F)C4=C(F)C(=O)C(C)=C(F)[C@]4(C)[C@H]3[C@@H](O)C[C@@]21C. The topological polar surface area (TPSA) is 101 Å². The van der Waals surface area contributed by atoms with Crippen LogP contribution in [0.25, 0.3) is 0 Å². The minimum atomic E-state index is -1.97. The van der Waals surface area contributed by atoms with Crippen molar-refractivity contribution in [1.82, 2.24) is 0 Å². The number of carboxylic acid groups (broad SMARTS) is 1. The molecule has 4 rings (SSSR count). The number of Topliss-reactive ketones (excluding diaryl/α,β-unsaturated/α-hetero) is 1. The van der Waals surface area contributed by atoms with Gasteiger partial charge in [-0.25, -0.2) is 18.0 Å². The molecule has 4 aliphatic carbocycles. The molecule has 3 saturated carbocycles. The number of fused-ring (bicyclic) bond motifs is 5. The molecule has 1 unspecified atom stereocenters. The van der Waals surface area contributed by atoms with E-state index in [9.17, 15) is 29.0 Å². The summed E-state index contributed by atoms with van der Waals surface area (Å²) in [4.78, 5) is 36.8. The maximum absolute atomic E-state index is 15.6. The number of allylic oxidation sites excluding steroid dienone is 4. The molecule has 8 atom stereocenters. The second-order valence-electron chi connectivity index (χ2n) is 10.4. The van der Waals surface area contributed by atoms with Gasteiger partial charge in [0.2, 0.25) is 11.4 Å². The van der Waals surface area contributed by atoms with Crippen LogP contribution in [0.5, 0.6) is 0 Å². The van der Waals surface area contributed by atoms with Crippen molar-refractivity contribution >= 4 is 17.7 Å². The molecule has 33 heavy (non-hydrogen) atoms. The number of aliphatic hydroxyl groups excluding tert-OH is 1. The monoisotopic (exact) mass is 470 g/mol. The van der Waals surface area contributed by atoms with Crippen molar-refractivity contribution in [2.24, 2.45) is 28.6 Å². The van der Waals surface area contributed by atoms with Gasteiger partial charge in [-0.15, -0.1) is 0 Å². The summed E-state index contributed by atoms with van der Waals surface area (Å²) in [7, 11) is 0. The zero-order valence-corrected chi connectivity index (χ0v) is 19.1. The number of ether oxygens (including phenoxy) is 1. The number of aliphatic hydroxyl groups is 1. The van der Waals surface area contributed by atoms with Crippen LogP contribution < -0.4 is 0 Å². The first-order valence-corrected chi connectivity index (χ1v) is 11.4. The molecule has 0 radical (unpaired) electrons. The van der Waals surface area contributed by atoms with Gasteiger partial charge >= 0.3 is 11.9 Å². The zero-order valence-electron chi connectivity index (χ0n) is 19.1. The van der Waals surface area contributed by atoms with Gasteiger partial charge in [-0.05, 0) is 51.4 Å². The zero-order chi connectivity index (χ0) is 24.7. The molecular weight excluding hydrogens is 441 g/mol. The molecule has 6 nitrogen and oxygen atoms in total. The number of hydrogen-bond acceptors (Lipinski definition) is 5. The van der Waals surface area contributed by atoms with Crippen LogP contribution >= 0.6 is 0 Å². The fourth-order valence-corrected chi connectivity index (χ4v) is 7.58. The Balaban J connectivity index is 1.85. The lowest BCUT2D eigenvalue weighted by molar-refractivity contribution is -0.211. The van der Waals surface area contributed by atoms with Crippen molar-refractivity contribution in [2.75, 3.05) is 0 Å². The number of halogens is 3. The predicted molar refractivity (Wildman–Crippen MR) is 110 cm³/mol. The Morgan fingerprint density at radius 1 is 1.24 bits per heavy atom. The average Bonchev–Trinajstić information content (AvgIpc) is 3.03. The number of carboxylic acids is 1. The van der Waals surface area contributed by atoms with Gasteiger partial charge in [0.15, 0.2) is 5.83 Å². The summed E-state index contributed by atoms with van der Waals surface area (Å²) in [5.41, 5.74) is -6.02. The molecule has 9 heteroatoms. The minimum absolute atomic E-state index is 0.0221. The van der Waals surface area contributed by atoms with E-state index in [4.69, 9.17) is 4.74 Å². The van der Waals surface area contributed by atoms with Crippen LogP contribution in [0, 0.1) is 28.6 Å². The number of carbonyl (C=O) groups excluding carboxylic acids is 2. The molecule has 0 saturated heterocycles. The maximum Gasteiger partial charge on any atom is 0.348 e. The van der Waals surface area contributed by atoms with Gasteiger partial charge < -0.3 is 14.9 Å². The number of rotatable bonds is 3. The van der Waals surface area contributed by atoms with Gasteiger partial charge in [0.25, 0.3) is 0 Å². The maximum atomic E-state index is 15.6. The van der Waals surface area contributed by atoms with Crippen LogP contribution in [0.3, 0.4) is 0 Å². The van der Waals surface area contributed by atoms with Crippen molar-refractivity contribution in [3.8, 4) is 0 Å². The molecular formula is C24H29F3O6. The summed E-state index contributed by atoms with van der Waals surface area (Å²) in [5.74, 6) is -7.67. The lowest BCUT2D eigenvalue weighted by Gasteiger charge is -2.60. The summed E-state index contributed by atoms with van der Waals surface area (Å²) < 4.78 is 51.5. The van der Waals surface area contributed by atoms with Gasteiger partial charge in [-0.3, -0.25) is 9.59 Å². The fraction of sp³-hybridized carbons (Fsp3) is 0.708. The second-order valence-corrected chi connectivity index (χ2v) is 10.4. The third-order valence-electron chi connectivity index (χ3n) is 9.08. The molecule has 0 aromatic carbocycles. The Morgan fingerprint density at radius 3 is 2.45 bits per heavy atom. The average molecular weight is 470 g/mol. The number of ketones is 1. The number of carbonyl (C=O) groups is 3. The summed E-state index contributed by atoms with van der Waals surface area (Å²) in [5, 5.41) is 21.4. The van der Waals surface area contributed by atoms with E-state index in [-0.39, 0.29) is 32.1 Å². The van der Waals surface area contributed by atoms with Crippen LogP contribution in [0.4, 0.5) is 13.2 Å². The highest BCUT2D eigenvalue weighted by Crippen LogP contribution is 2.69. The van der Waals surface area contributed by atoms with E-state index >= 15 is 8.78 Å². The molecule has 4 aliphatic rings. The Kier molecular flexibility index (Phi) is 5.39. The van der Waals surface area contributed by atoms with Crippen molar-refractivity contribution < 1.29 is 42.5 Å². The lowest BCUT2D eigenvalue weighted by Crippen LogP contribution is -2.64. The van der Waals surface area contributed by atoms with E-state index in [2.05, 4.69) is 0 Å². The van der Waals surface area contributed by atoms with Crippen LogP contribution in [-0.4, -0.2) is 45.8 Å². The van der Waals surface area contributed by atoms with E-state index in [1.165, 1.54) is 13.8 Å². The highest BCUT2D eigenvalue weighted by molar-refractivity contribution is 6.08. The van der Waals surface area contributed by atoms with Gasteiger partial charge in [-0.1, -0.05) is 13.8 Å². The van der Waals surface area contributed by atoms with E-state index in [1.807, 2.05) is 0 Å². The van der Waals surface area contributed by atoms with Crippen molar-refractivity contribution in [2.45, 2.75) is 77.7 Å². The molecule has 0 aromatic rings.